The molecule has 0 aliphatic carbocycles. The van der Waals surface area contributed by atoms with Crippen LogP contribution >= 0.6 is 47.4 Å². The highest BCUT2D eigenvalue weighted by atomic mass is 32.2. The van der Waals surface area contributed by atoms with Crippen LogP contribution in [0, 0.1) is 0 Å². The lowest BCUT2D eigenvalue weighted by Crippen LogP contribution is -2.49. The Labute approximate surface area is 210 Å². The standard InChI is InChI=1S/C17H30N8O4S4/c1-5-7-24(8-6-2)25-20-12(32-14(26)10-18-16(28)22-30-3)9-13(21-25)33-15(27)11-19-17(29)23-31-4/h9,20H,5-8,10-11H2,1-4H3,(H2,18,22,28)(H2,19,23,29). The van der Waals surface area contributed by atoms with E-state index in [0.717, 1.165) is 73.4 Å². The van der Waals surface area contributed by atoms with Gasteiger partial charge in [-0.1, -0.05) is 37.7 Å². The number of urea groups is 2. The fourth-order valence-electron chi connectivity index (χ4n) is 2.32. The third-order valence-corrected chi connectivity index (χ3v) is 5.87. The van der Waals surface area contributed by atoms with E-state index in [1.807, 2.05) is 18.9 Å². The van der Waals surface area contributed by atoms with E-state index in [0.29, 0.717) is 10.1 Å². The Morgan fingerprint density at radius 2 is 1.45 bits per heavy atom. The smallest absolute Gasteiger partial charge is 0.325 e. The minimum absolute atomic E-state index is 0.170. The zero-order valence-corrected chi connectivity index (χ0v) is 22.2. The van der Waals surface area contributed by atoms with Gasteiger partial charge in [-0.05, 0) is 36.4 Å². The lowest BCUT2D eigenvalue weighted by atomic mass is 10.4. The molecule has 1 aliphatic heterocycles. The first-order valence-corrected chi connectivity index (χ1v) is 14.1. The molecule has 0 aromatic rings. The minimum Gasteiger partial charge on any atom is -0.329 e. The van der Waals surface area contributed by atoms with Crippen molar-refractivity contribution in [2.45, 2.75) is 26.7 Å². The van der Waals surface area contributed by atoms with Gasteiger partial charge in [0.1, 0.15) is 10.1 Å². The van der Waals surface area contributed by atoms with Gasteiger partial charge in [0.15, 0.2) is 0 Å². The monoisotopic (exact) mass is 538 g/mol. The van der Waals surface area contributed by atoms with Gasteiger partial charge in [-0.3, -0.25) is 24.5 Å². The van der Waals surface area contributed by atoms with Gasteiger partial charge in [-0.2, -0.15) is 5.01 Å². The van der Waals surface area contributed by atoms with Crippen LogP contribution in [-0.4, -0.2) is 76.3 Å². The largest absolute Gasteiger partial charge is 0.329 e. The summed E-state index contributed by atoms with van der Waals surface area (Å²) in [6.45, 7) is 5.17. The normalized spacial score (nSPS) is 12.9. The molecule has 186 valence electrons. The van der Waals surface area contributed by atoms with E-state index < -0.39 is 12.1 Å². The average Bonchev–Trinajstić information content (AvgIpc) is 2.76. The van der Waals surface area contributed by atoms with Crippen LogP contribution in [0.4, 0.5) is 9.59 Å². The van der Waals surface area contributed by atoms with Gasteiger partial charge in [0.05, 0.1) is 13.1 Å². The molecule has 4 amide bonds. The van der Waals surface area contributed by atoms with E-state index >= 15 is 0 Å². The number of hydrogen-bond acceptors (Lipinski definition) is 12. The van der Waals surface area contributed by atoms with Crippen LogP contribution in [0.3, 0.4) is 0 Å². The van der Waals surface area contributed by atoms with Crippen molar-refractivity contribution in [2.24, 2.45) is 5.10 Å². The molecule has 12 nitrogen and oxygen atoms in total. The third kappa shape index (κ3) is 12.3. The minimum atomic E-state index is -0.460. The fourth-order valence-corrected chi connectivity index (χ4v) is 4.27. The Hall–Kier alpha value is -1.75. The maximum absolute atomic E-state index is 12.3. The zero-order chi connectivity index (χ0) is 24.6. The van der Waals surface area contributed by atoms with Crippen molar-refractivity contribution in [1.29, 1.82) is 0 Å². The number of hydrogen-bond donors (Lipinski definition) is 5. The maximum atomic E-state index is 12.3. The van der Waals surface area contributed by atoms with Crippen LogP contribution in [0.15, 0.2) is 16.2 Å². The lowest BCUT2D eigenvalue weighted by Gasteiger charge is -2.35. The summed E-state index contributed by atoms with van der Waals surface area (Å²) in [6.07, 6.45) is 6.74. The Bertz CT molecular complexity index is 747. The molecule has 0 saturated carbocycles. The van der Waals surface area contributed by atoms with Gasteiger partial charge in [-0.25, -0.2) is 9.59 Å². The molecular formula is C17H30N8O4S4. The third-order valence-electron chi connectivity index (χ3n) is 3.51. The molecule has 0 aromatic heterocycles. The molecule has 1 rings (SSSR count). The molecule has 0 unspecified atom stereocenters. The summed E-state index contributed by atoms with van der Waals surface area (Å²) < 4.78 is 4.95. The zero-order valence-electron chi connectivity index (χ0n) is 18.9. The SMILES string of the molecule is CCCN(CCC)N1N=C(SC(=O)CNC(=O)NSC)C=C(SC(=O)CNC(=O)NSC)N1. The molecular weight excluding hydrogens is 509 g/mol. The van der Waals surface area contributed by atoms with Gasteiger partial charge in [0, 0.05) is 31.7 Å². The molecule has 1 heterocycles. The fraction of sp³-hybridized carbons (Fsp3) is 0.588. The van der Waals surface area contributed by atoms with Crippen molar-refractivity contribution in [3.8, 4) is 0 Å². The molecule has 0 saturated heterocycles. The average molecular weight is 539 g/mol. The number of hydrazine groups is 2. The summed E-state index contributed by atoms with van der Waals surface area (Å²) in [7, 11) is 0. The number of thioether (sulfide) groups is 2. The van der Waals surface area contributed by atoms with Crippen molar-refractivity contribution >= 4 is 74.8 Å². The summed E-state index contributed by atoms with van der Waals surface area (Å²) >= 11 is 4.01. The van der Waals surface area contributed by atoms with E-state index in [9.17, 15) is 19.2 Å². The van der Waals surface area contributed by atoms with Gasteiger partial charge < -0.3 is 10.6 Å². The van der Waals surface area contributed by atoms with E-state index in [1.165, 1.54) is 5.23 Å². The quantitative estimate of drug-likeness (QED) is 0.231. The highest BCUT2D eigenvalue weighted by molar-refractivity contribution is 8.26. The van der Waals surface area contributed by atoms with Gasteiger partial charge >= 0.3 is 12.1 Å². The van der Waals surface area contributed by atoms with Crippen molar-refractivity contribution in [3.05, 3.63) is 11.1 Å². The molecule has 5 N–H and O–H groups in total. The molecule has 0 radical (unpaired) electrons. The number of carbonyl (C=O) groups excluding carboxylic acids is 4. The Morgan fingerprint density at radius 3 is 1.94 bits per heavy atom. The second-order valence-corrected chi connectivity index (χ2v) is 9.63. The number of nitrogens with one attached hydrogen (secondary N) is 5. The van der Waals surface area contributed by atoms with Crippen LogP contribution in [0.2, 0.25) is 0 Å². The Balaban J connectivity index is 2.87. The Morgan fingerprint density at radius 1 is 0.939 bits per heavy atom. The molecule has 33 heavy (non-hydrogen) atoms. The second-order valence-electron chi connectivity index (χ2n) is 6.23. The van der Waals surface area contributed by atoms with E-state index in [4.69, 9.17) is 0 Å². The highest BCUT2D eigenvalue weighted by Gasteiger charge is 2.23. The molecule has 1 aliphatic rings. The van der Waals surface area contributed by atoms with Crippen LogP contribution in [0.1, 0.15) is 26.7 Å². The van der Waals surface area contributed by atoms with Crippen LogP contribution in [0.5, 0.6) is 0 Å². The maximum Gasteiger partial charge on any atom is 0.325 e. The predicted molar refractivity (Wildman–Crippen MR) is 138 cm³/mol. The summed E-state index contributed by atoms with van der Waals surface area (Å²) in [5.74, 6) is 0. The van der Waals surface area contributed by atoms with E-state index in [2.05, 4.69) is 30.6 Å². The van der Waals surface area contributed by atoms with Crippen LogP contribution in [0.25, 0.3) is 0 Å². The van der Waals surface area contributed by atoms with E-state index in [-0.39, 0.29) is 23.3 Å². The number of amides is 4. The number of hydrazone groups is 1. The molecule has 16 heteroatoms. The molecule has 0 atom stereocenters. The van der Waals surface area contributed by atoms with Crippen molar-refractivity contribution in [3.63, 3.8) is 0 Å². The summed E-state index contributed by atoms with van der Waals surface area (Å²) in [5.41, 5.74) is 3.07. The number of rotatable bonds is 12. The highest BCUT2D eigenvalue weighted by Crippen LogP contribution is 2.22. The topological polar surface area (TPSA) is 147 Å². The number of carbonyl (C=O) groups is 4. The van der Waals surface area contributed by atoms with Crippen molar-refractivity contribution in [1.82, 2.24) is 35.7 Å². The first-order chi connectivity index (χ1) is 15.8. The van der Waals surface area contributed by atoms with Crippen LogP contribution in [-0.2, 0) is 9.59 Å². The number of nitrogens with zero attached hydrogens (tertiary/aromatic N) is 3. The van der Waals surface area contributed by atoms with Crippen molar-refractivity contribution in [2.75, 3.05) is 38.7 Å². The second kappa shape index (κ2) is 16.8. The first kappa shape index (κ1) is 29.3. The van der Waals surface area contributed by atoms with Gasteiger partial charge in [-0.15, -0.1) is 10.3 Å². The summed E-state index contributed by atoms with van der Waals surface area (Å²) in [6, 6.07) is -0.917. The summed E-state index contributed by atoms with van der Waals surface area (Å²) in [5, 5.41) is 13.1. The lowest BCUT2D eigenvalue weighted by molar-refractivity contribution is -0.110. The van der Waals surface area contributed by atoms with Gasteiger partial charge in [0.25, 0.3) is 0 Å². The van der Waals surface area contributed by atoms with Gasteiger partial charge in [0.2, 0.25) is 10.2 Å². The molecule has 0 spiro atoms. The molecule has 0 fully saturated rings. The van der Waals surface area contributed by atoms with Crippen LogP contribution < -0.4 is 25.5 Å². The molecule has 0 bridgehead atoms. The first-order valence-electron chi connectivity index (χ1n) is 9.99. The van der Waals surface area contributed by atoms with Crippen molar-refractivity contribution < 1.29 is 19.2 Å². The molecule has 0 aromatic carbocycles. The Kier molecular flexibility index (Phi) is 14.9. The summed E-state index contributed by atoms with van der Waals surface area (Å²) in [4.78, 5) is 47.7. The predicted octanol–water partition coefficient (Wildman–Crippen LogP) is 1.67. The van der Waals surface area contributed by atoms with E-state index in [1.54, 1.807) is 18.6 Å².